The SMILES string of the molecule is O=C(O)CCCCCCCC1OCCO1. The maximum absolute atomic E-state index is 10.2. The summed E-state index contributed by atoms with van der Waals surface area (Å²) >= 11 is 0. The van der Waals surface area contributed by atoms with E-state index in [0.717, 1.165) is 51.7 Å². The minimum atomic E-state index is -0.692. The van der Waals surface area contributed by atoms with Crippen LogP contribution in [0.3, 0.4) is 0 Å². The molecule has 1 saturated heterocycles. The molecule has 0 atom stereocenters. The van der Waals surface area contributed by atoms with Crippen LogP contribution in [0.25, 0.3) is 0 Å². The Kier molecular flexibility index (Phi) is 6.36. The maximum atomic E-state index is 10.2. The van der Waals surface area contributed by atoms with Gasteiger partial charge in [0.15, 0.2) is 6.29 Å². The minimum absolute atomic E-state index is 0.0176. The van der Waals surface area contributed by atoms with E-state index >= 15 is 0 Å². The van der Waals surface area contributed by atoms with E-state index in [1.807, 2.05) is 0 Å². The van der Waals surface area contributed by atoms with Crippen molar-refractivity contribution in [3.63, 3.8) is 0 Å². The van der Waals surface area contributed by atoms with Crippen LogP contribution < -0.4 is 0 Å². The molecule has 0 aromatic heterocycles. The van der Waals surface area contributed by atoms with Gasteiger partial charge in [-0.1, -0.05) is 19.3 Å². The van der Waals surface area contributed by atoms with E-state index in [4.69, 9.17) is 14.6 Å². The average molecular weight is 216 g/mol. The number of carboxylic acid groups (broad SMARTS) is 1. The first-order valence-corrected chi connectivity index (χ1v) is 5.74. The van der Waals surface area contributed by atoms with Crippen LogP contribution in [0.4, 0.5) is 0 Å². The van der Waals surface area contributed by atoms with Gasteiger partial charge in [0.1, 0.15) is 0 Å². The van der Waals surface area contributed by atoms with E-state index in [1.54, 1.807) is 0 Å². The van der Waals surface area contributed by atoms with Crippen molar-refractivity contribution in [1.29, 1.82) is 0 Å². The Balaban J connectivity index is 1.78. The molecule has 0 saturated carbocycles. The molecule has 0 aliphatic carbocycles. The van der Waals surface area contributed by atoms with Crippen LogP contribution in [0, 0.1) is 0 Å². The van der Waals surface area contributed by atoms with Gasteiger partial charge in [-0.15, -0.1) is 0 Å². The van der Waals surface area contributed by atoms with Crippen molar-refractivity contribution in [1.82, 2.24) is 0 Å². The number of hydrogen-bond donors (Lipinski definition) is 1. The summed E-state index contributed by atoms with van der Waals surface area (Å²) < 4.78 is 10.6. The van der Waals surface area contributed by atoms with Crippen molar-refractivity contribution in [2.24, 2.45) is 0 Å². The standard InChI is InChI=1S/C11H20O4/c12-10(13)6-4-2-1-3-5-7-11-14-8-9-15-11/h11H,1-9H2,(H,12,13). The summed E-state index contributed by atoms with van der Waals surface area (Å²) in [6, 6.07) is 0. The molecule has 1 aliphatic rings. The Hall–Kier alpha value is -0.610. The van der Waals surface area contributed by atoms with Gasteiger partial charge in [-0.05, 0) is 19.3 Å². The number of ether oxygens (including phenoxy) is 2. The van der Waals surface area contributed by atoms with Crippen molar-refractivity contribution in [2.45, 2.75) is 51.2 Å². The number of rotatable bonds is 8. The second-order valence-corrected chi connectivity index (χ2v) is 3.87. The summed E-state index contributed by atoms with van der Waals surface area (Å²) in [5.41, 5.74) is 0. The second-order valence-electron chi connectivity index (χ2n) is 3.87. The lowest BCUT2D eigenvalue weighted by atomic mass is 10.1. The molecule has 0 amide bonds. The fraction of sp³-hybridized carbons (Fsp3) is 0.909. The van der Waals surface area contributed by atoms with Crippen LogP contribution in [0.1, 0.15) is 44.9 Å². The van der Waals surface area contributed by atoms with Crippen molar-refractivity contribution in [2.75, 3.05) is 13.2 Å². The highest BCUT2D eigenvalue weighted by atomic mass is 16.7. The molecule has 0 radical (unpaired) electrons. The van der Waals surface area contributed by atoms with Gasteiger partial charge in [0.2, 0.25) is 0 Å². The van der Waals surface area contributed by atoms with Gasteiger partial charge in [0.05, 0.1) is 13.2 Å². The van der Waals surface area contributed by atoms with E-state index in [-0.39, 0.29) is 6.29 Å². The van der Waals surface area contributed by atoms with Gasteiger partial charge in [-0.25, -0.2) is 0 Å². The first-order chi connectivity index (χ1) is 7.29. The lowest BCUT2D eigenvalue weighted by Gasteiger charge is -2.07. The minimum Gasteiger partial charge on any atom is -0.481 e. The zero-order valence-electron chi connectivity index (χ0n) is 9.11. The van der Waals surface area contributed by atoms with Crippen LogP contribution in [-0.2, 0) is 14.3 Å². The van der Waals surface area contributed by atoms with Crippen molar-refractivity contribution < 1.29 is 19.4 Å². The Morgan fingerprint density at radius 3 is 2.33 bits per heavy atom. The van der Waals surface area contributed by atoms with E-state index in [9.17, 15) is 4.79 Å². The summed E-state index contributed by atoms with van der Waals surface area (Å²) in [5, 5.41) is 8.43. The molecule has 4 nitrogen and oxygen atoms in total. The monoisotopic (exact) mass is 216 g/mol. The molecule has 0 spiro atoms. The molecule has 1 heterocycles. The van der Waals surface area contributed by atoms with Crippen LogP contribution in [0.15, 0.2) is 0 Å². The molecule has 1 aliphatic heterocycles. The topological polar surface area (TPSA) is 55.8 Å². The lowest BCUT2D eigenvalue weighted by molar-refractivity contribution is -0.137. The first kappa shape index (κ1) is 12.5. The lowest BCUT2D eigenvalue weighted by Crippen LogP contribution is -2.06. The number of carbonyl (C=O) groups is 1. The molecule has 0 aromatic rings. The fourth-order valence-corrected chi connectivity index (χ4v) is 1.69. The molecular formula is C11H20O4. The Bertz CT molecular complexity index is 175. The van der Waals surface area contributed by atoms with Crippen molar-refractivity contribution in [3.8, 4) is 0 Å². The molecule has 4 heteroatoms. The molecule has 0 aromatic carbocycles. The second kappa shape index (κ2) is 7.65. The van der Waals surface area contributed by atoms with Crippen LogP contribution in [0.5, 0.6) is 0 Å². The third kappa shape index (κ3) is 6.47. The van der Waals surface area contributed by atoms with Gasteiger partial charge < -0.3 is 14.6 Å². The highest BCUT2D eigenvalue weighted by Crippen LogP contribution is 2.14. The highest BCUT2D eigenvalue weighted by Gasteiger charge is 2.14. The van der Waals surface area contributed by atoms with Gasteiger partial charge >= 0.3 is 5.97 Å². The summed E-state index contributed by atoms with van der Waals surface area (Å²) in [4.78, 5) is 10.2. The molecule has 1 N–H and O–H groups in total. The quantitative estimate of drug-likeness (QED) is 0.632. The van der Waals surface area contributed by atoms with Gasteiger partial charge in [-0.3, -0.25) is 4.79 Å². The Labute approximate surface area is 90.6 Å². The van der Waals surface area contributed by atoms with Gasteiger partial charge in [0.25, 0.3) is 0 Å². The largest absolute Gasteiger partial charge is 0.481 e. The molecule has 88 valence electrons. The third-order valence-electron chi connectivity index (χ3n) is 2.52. The van der Waals surface area contributed by atoms with Crippen LogP contribution in [0.2, 0.25) is 0 Å². The molecule has 15 heavy (non-hydrogen) atoms. The van der Waals surface area contributed by atoms with E-state index in [2.05, 4.69) is 0 Å². The normalized spacial score (nSPS) is 17.1. The summed E-state index contributed by atoms with van der Waals surface area (Å²) in [6.45, 7) is 1.45. The zero-order chi connectivity index (χ0) is 10.9. The fourth-order valence-electron chi connectivity index (χ4n) is 1.69. The maximum Gasteiger partial charge on any atom is 0.303 e. The molecule has 0 unspecified atom stereocenters. The molecule has 0 bridgehead atoms. The van der Waals surface area contributed by atoms with Crippen molar-refractivity contribution >= 4 is 5.97 Å². The molecule has 1 fully saturated rings. The van der Waals surface area contributed by atoms with Crippen LogP contribution >= 0.6 is 0 Å². The number of carboxylic acids is 1. The number of hydrogen-bond acceptors (Lipinski definition) is 3. The van der Waals surface area contributed by atoms with Crippen LogP contribution in [-0.4, -0.2) is 30.6 Å². The number of aliphatic carboxylic acids is 1. The van der Waals surface area contributed by atoms with Gasteiger partial charge in [-0.2, -0.15) is 0 Å². The zero-order valence-corrected chi connectivity index (χ0v) is 9.11. The summed E-state index contributed by atoms with van der Waals surface area (Å²) in [5.74, 6) is -0.692. The van der Waals surface area contributed by atoms with Gasteiger partial charge in [0, 0.05) is 6.42 Å². The Morgan fingerprint density at radius 1 is 1.07 bits per heavy atom. The predicted molar refractivity (Wildman–Crippen MR) is 55.6 cm³/mol. The van der Waals surface area contributed by atoms with Crippen molar-refractivity contribution in [3.05, 3.63) is 0 Å². The molecule has 1 rings (SSSR count). The predicted octanol–water partition coefficient (Wildman–Crippen LogP) is 2.17. The highest BCUT2D eigenvalue weighted by molar-refractivity contribution is 5.66. The first-order valence-electron chi connectivity index (χ1n) is 5.74. The van der Waals surface area contributed by atoms with E-state index in [0.29, 0.717) is 6.42 Å². The average Bonchev–Trinajstić information content (AvgIpc) is 2.68. The van der Waals surface area contributed by atoms with E-state index < -0.39 is 5.97 Å². The number of unbranched alkanes of at least 4 members (excludes halogenated alkanes) is 4. The van der Waals surface area contributed by atoms with E-state index in [1.165, 1.54) is 0 Å². The summed E-state index contributed by atoms with van der Waals surface area (Å²) in [7, 11) is 0. The summed E-state index contributed by atoms with van der Waals surface area (Å²) in [6.07, 6.45) is 6.46. The molecular weight excluding hydrogens is 196 g/mol. The third-order valence-corrected chi connectivity index (χ3v) is 2.52. The smallest absolute Gasteiger partial charge is 0.303 e. The Morgan fingerprint density at radius 2 is 1.67 bits per heavy atom.